The Balaban J connectivity index is 2.82. The molecule has 1 N–H and O–H groups in total. The monoisotopic (exact) mass is 274 g/mol. The Morgan fingerprint density at radius 3 is 2.20 bits per heavy atom. The zero-order chi connectivity index (χ0) is 15.0. The van der Waals surface area contributed by atoms with E-state index in [4.69, 9.17) is 0 Å². The van der Waals surface area contributed by atoms with Crippen LogP contribution < -0.4 is 4.90 Å². The van der Waals surface area contributed by atoms with Crippen molar-refractivity contribution in [1.82, 2.24) is 0 Å². The maximum Gasteiger partial charge on any atom is 0.0971 e. The normalized spacial score (nSPS) is 13.6. The number of aliphatic hydroxyl groups excluding tert-OH is 1. The van der Waals surface area contributed by atoms with E-state index in [1.807, 2.05) is 24.3 Å². The summed E-state index contributed by atoms with van der Waals surface area (Å²) in [6.07, 6.45) is 2.11. The second kappa shape index (κ2) is 8.60. The molecule has 0 spiro atoms. The number of anilines is 1. The highest BCUT2D eigenvalue weighted by Crippen LogP contribution is 2.25. The molecule has 0 saturated heterocycles. The first kappa shape index (κ1) is 16.5. The maximum atomic E-state index is 10.1. The van der Waals surface area contributed by atoms with Crippen molar-refractivity contribution >= 4 is 5.69 Å². The van der Waals surface area contributed by atoms with E-state index >= 15 is 0 Å². The van der Waals surface area contributed by atoms with E-state index in [-0.39, 0.29) is 0 Å². The van der Waals surface area contributed by atoms with E-state index in [1.165, 1.54) is 5.69 Å². The van der Waals surface area contributed by atoms with Crippen LogP contribution >= 0.6 is 0 Å². The zero-order valence-electron chi connectivity index (χ0n) is 12.8. The van der Waals surface area contributed by atoms with E-state index in [1.54, 1.807) is 0 Å². The fraction of sp³-hybridized carbons (Fsp3) is 0.588. The minimum absolute atomic E-state index is 0.424. The van der Waals surface area contributed by atoms with Crippen LogP contribution in [0.3, 0.4) is 0 Å². The Hall–Kier alpha value is -1.53. The van der Waals surface area contributed by atoms with Crippen molar-refractivity contribution in [1.29, 1.82) is 5.26 Å². The number of hydrogen-bond donors (Lipinski definition) is 1. The number of rotatable bonds is 8. The number of unbranched alkanes of at least 4 members (excludes halogenated alkanes) is 1. The van der Waals surface area contributed by atoms with Crippen molar-refractivity contribution in [2.45, 2.75) is 52.1 Å². The summed E-state index contributed by atoms with van der Waals surface area (Å²) < 4.78 is 0. The van der Waals surface area contributed by atoms with Gasteiger partial charge in [0.25, 0.3) is 0 Å². The van der Waals surface area contributed by atoms with Crippen molar-refractivity contribution in [3.05, 3.63) is 29.8 Å². The van der Waals surface area contributed by atoms with Gasteiger partial charge in [0.05, 0.1) is 18.1 Å². The smallest absolute Gasteiger partial charge is 0.0971 e. The molecule has 0 bridgehead atoms. The van der Waals surface area contributed by atoms with Crippen LogP contribution in [-0.2, 0) is 0 Å². The molecule has 0 amide bonds. The molecule has 0 radical (unpaired) electrons. The first-order chi connectivity index (χ1) is 9.67. The van der Waals surface area contributed by atoms with Gasteiger partial charge in [-0.1, -0.05) is 31.9 Å². The highest BCUT2D eigenvalue weighted by atomic mass is 16.3. The SMILES string of the molecule is CCCCC(O)C(C#N)c1ccc(N(CC)CC)cc1. The maximum absolute atomic E-state index is 10.1. The minimum atomic E-state index is -0.570. The molecular weight excluding hydrogens is 248 g/mol. The highest BCUT2D eigenvalue weighted by molar-refractivity contribution is 5.48. The first-order valence-electron chi connectivity index (χ1n) is 7.60. The van der Waals surface area contributed by atoms with Gasteiger partial charge < -0.3 is 10.0 Å². The summed E-state index contributed by atoms with van der Waals surface area (Å²) in [5.41, 5.74) is 2.07. The molecule has 0 heterocycles. The van der Waals surface area contributed by atoms with E-state index in [9.17, 15) is 10.4 Å². The number of hydrogen-bond acceptors (Lipinski definition) is 3. The molecule has 0 aliphatic heterocycles. The van der Waals surface area contributed by atoms with Crippen molar-refractivity contribution in [2.75, 3.05) is 18.0 Å². The second-order valence-electron chi connectivity index (χ2n) is 5.08. The minimum Gasteiger partial charge on any atom is -0.391 e. The number of aliphatic hydroxyl groups is 1. The van der Waals surface area contributed by atoms with Gasteiger partial charge in [-0.25, -0.2) is 0 Å². The lowest BCUT2D eigenvalue weighted by molar-refractivity contribution is 0.148. The van der Waals surface area contributed by atoms with Gasteiger partial charge in [0.2, 0.25) is 0 Å². The quantitative estimate of drug-likeness (QED) is 0.786. The summed E-state index contributed by atoms with van der Waals surface area (Å²) in [5.74, 6) is -0.424. The highest BCUT2D eigenvalue weighted by Gasteiger charge is 2.20. The van der Waals surface area contributed by atoms with Crippen LogP contribution in [0.5, 0.6) is 0 Å². The largest absolute Gasteiger partial charge is 0.391 e. The fourth-order valence-corrected chi connectivity index (χ4v) is 2.44. The van der Waals surface area contributed by atoms with Crippen molar-refractivity contribution in [3.63, 3.8) is 0 Å². The van der Waals surface area contributed by atoms with Crippen LogP contribution in [0.4, 0.5) is 5.69 Å². The van der Waals surface area contributed by atoms with Crippen LogP contribution in [0, 0.1) is 11.3 Å². The first-order valence-corrected chi connectivity index (χ1v) is 7.60. The third-order valence-electron chi connectivity index (χ3n) is 3.76. The summed E-state index contributed by atoms with van der Waals surface area (Å²) in [4.78, 5) is 2.26. The molecule has 0 aliphatic rings. The number of nitriles is 1. The third-order valence-corrected chi connectivity index (χ3v) is 3.76. The standard InChI is InChI=1S/C17H26N2O/c1-4-7-8-17(20)16(13-18)14-9-11-15(12-10-14)19(5-2)6-3/h9-12,16-17,20H,4-8H2,1-3H3. The van der Waals surface area contributed by atoms with E-state index in [2.05, 4.69) is 31.7 Å². The molecule has 2 atom stereocenters. The molecule has 0 saturated carbocycles. The van der Waals surface area contributed by atoms with Gasteiger partial charge in [-0.2, -0.15) is 5.26 Å². The molecule has 20 heavy (non-hydrogen) atoms. The van der Waals surface area contributed by atoms with Crippen LogP contribution in [0.15, 0.2) is 24.3 Å². The Labute approximate surface area is 122 Å². The molecule has 1 aromatic carbocycles. The molecule has 0 aliphatic carbocycles. The number of benzene rings is 1. The summed E-state index contributed by atoms with van der Waals surface area (Å²) >= 11 is 0. The molecular formula is C17H26N2O. The molecule has 3 nitrogen and oxygen atoms in total. The molecule has 0 fully saturated rings. The average Bonchev–Trinajstić information content (AvgIpc) is 2.48. The summed E-state index contributed by atoms with van der Waals surface area (Å²) in [6.45, 7) is 8.29. The molecule has 2 unspecified atom stereocenters. The molecule has 0 aromatic heterocycles. The van der Waals surface area contributed by atoms with E-state index in [0.29, 0.717) is 6.42 Å². The van der Waals surface area contributed by atoms with Crippen LogP contribution in [0.2, 0.25) is 0 Å². The molecule has 110 valence electrons. The van der Waals surface area contributed by atoms with Crippen LogP contribution in [0.25, 0.3) is 0 Å². The lowest BCUT2D eigenvalue weighted by Crippen LogP contribution is -2.22. The lowest BCUT2D eigenvalue weighted by atomic mass is 9.91. The third kappa shape index (κ3) is 4.25. The van der Waals surface area contributed by atoms with E-state index in [0.717, 1.165) is 31.5 Å². The summed E-state index contributed by atoms with van der Waals surface area (Å²) in [6, 6.07) is 10.3. The Morgan fingerprint density at radius 1 is 1.15 bits per heavy atom. The van der Waals surface area contributed by atoms with Crippen molar-refractivity contribution in [3.8, 4) is 6.07 Å². The van der Waals surface area contributed by atoms with Gasteiger partial charge in [-0.3, -0.25) is 0 Å². The van der Waals surface area contributed by atoms with Gasteiger partial charge in [-0.05, 0) is 38.0 Å². The van der Waals surface area contributed by atoms with Gasteiger partial charge in [0, 0.05) is 18.8 Å². The fourth-order valence-electron chi connectivity index (χ4n) is 2.44. The van der Waals surface area contributed by atoms with Gasteiger partial charge in [-0.15, -0.1) is 0 Å². The second-order valence-corrected chi connectivity index (χ2v) is 5.08. The van der Waals surface area contributed by atoms with Crippen molar-refractivity contribution < 1.29 is 5.11 Å². The predicted molar refractivity (Wildman–Crippen MR) is 83.9 cm³/mol. The average molecular weight is 274 g/mol. The Kier molecular flexibility index (Phi) is 7.11. The molecule has 1 rings (SSSR count). The zero-order valence-corrected chi connectivity index (χ0v) is 12.8. The molecule has 1 aromatic rings. The van der Waals surface area contributed by atoms with Gasteiger partial charge >= 0.3 is 0 Å². The summed E-state index contributed by atoms with van der Waals surface area (Å²) in [5, 5.41) is 19.4. The Bertz CT molecular complexity index is 418. The number of nitrogens with zero attached hydrogens (tertiary/aromatic N) is 2. The summed E-state index contributed by atoms with van der Waals surface area (Å²) in [7, 11) is 0. The Morgan fingerprint density at radius 2 is 1.75 bits per heavy atom. The predicted octanol–water partition coefficient (Wildman–Crippen LogP) is 3.69. The van der Waals surface area contributed by atoms with Gasteiger partial charge in [0.1, 0.15) is 0 Å². The van der Waals surface area contributed by atoms with E-state index < -0.39 is 12.0 Å². The topological polar surface area (TPSA) is 47.3 Å². The molecule has 3 heteroatoms. The lowest BCUT2D eigenvalue weighted by Gasteiger charge is -2.22. The van der Waals surface area contributed by atoms with Crippen LogP contribution in [0.1, 0.15) is 51.5 Å². The van der Waals surface area contributed by atoms with Crippen LogP contribution in [-0.4, -0.2) is 24.3 Å². The van der Waals surface area contributed by atoms with Gasteiger partial charge in [0.15, 0.2) is 0 Å². The van der Waals surface area contributed by atoms with Crippen molar-refractivity contribution in [2.24, 2.45) is 0 Å².